The minimum Gasteiger partial charge on any atom is -0.325 e. The quantitative estimate of drug-likeness (QED) is 0.595. The molecule has 3 heterocycles. The number of rotatable bonds is 4. The molecular formula is C19H19ClFN5O3S2. The number of aromatic nitrogens is 2. The van der Waals surface area contributed by atoms with E-state index in [0.29, 0.717) is 0 Å². The zero-order valence-electron chi connectivity index (χ0n) is 16.5. The van der Waals surface area contributed by atoms with Crippen molar-refractivity contribution in [2.24, 2.45) is 7.05 Å². The topological polar surface area (TPSA) is 96.3 Å². The number of carbonyl (C=O) groups excluding carboxylic acids is 1. The lowest BCUT2D eigenvalue weighted by molar-refractivity contribution is -0.120. The molecule has 1 saturated heterocycles. The highest BCUT2D eigenvalue weighted by molar-refractivity contribution is 7.87. The van der Waals surface area contributed by atoms with Gasteiger partial charge >= 0.3 is 0 Å². The minimum atomic E-state index is -3.88. The summed E-state index contributed by atoms with van der Waals surface area (Å²) in [6, 6.07) is 6.01. The maximum atomic E-state index is 13.4. The molecule has 2 N–H and O–H groups in total. The Morgan fingerprint density at radius 3 is 2.77 bits per heavy atom. The van der Waals surface area contributed by atoms with Crippen molar-refractivity contribution in [3.05, 3.63) is 58.4 Å². The van der Waals surface area contributed by atoms with Crippen LogP contribution in [-0.2, 0) is 22.1 Å². The van der Waals surface area contributed by atoms with E-state index in [9.17, 15) is 17.6 Å². The third-order valence-electron chi connectivity index (χ3n) is 5.02. The van der Waals surface area contributed by atoms with Crippen LogP contribution in [0.4, 0.5) is 10.1 Å². The van der Waals surface area contributed by atoms with Crippen LogP contribution in [0, 0.1) is 5.82 Å². The molecule has 0 radical (unpaired) electrons. The van der Waals surface area contributed by atoms with E-state index in [1.54, 1.807) is 10.9 Å². The van der Waals surface area contributed by atoms with E-state index in [1.165, 1.54) is 30.5 Å². The highest BCUT2D eigenvalue weighted by Crippen LogP contribution is 2.36. The molecule has 4 rings (SSSR count). The fourth-order valence-electron chi connectivity index (χ4n) is 3.34. The average Bonchev–Trinajstić information content (AvgIpc) is 3.35. The Kier molecular flexibility index (Phi) is 5.88. The van der Waals surface area contributed by atoms with Gasteiger partial charge in [-0.05, 0) is 36.8 Å². The second-order valence-electron chi connectivity index (χ2n) is 7.17. The first-order valence-electron chi connectivity index (χ1n) is 9.24. The summed E-state index contributed by atoms with van der Waals surface area (Å²) in [5, 5.41) is 6.64. The van der Waals surface area contributed by atoms with Crippen LogP contribution in [0.1, 0.15) is 17.3 Å². The van der Waals surface area contributed by atoms with Crippen molar-refractivity contribution >= 4 is 44.7 Å². The summed E-state index contributed by atoms with van der Waals surface area (Å²) in [6.07, 6.45) is 3.83. The molecule has 3 aromatic rings. The Labute approximate surface area is 187 Å². The molecule has 1 aliphatic rings. The van der Waals surface area contributed by atoms with E-state index < -0.39 is 34.0 Å². The van der Waals surface area contributed by atoms with E-state index >= 15 is 0 Å². The van der Waals surface area contributed by atoms with Crippen LogP contribution in [0.2, 0.25) is 5.02 Å². The van der Waals surface area contributed by atoms with Crippen LogP contribution in [0.5, 0.6) is 0 Å². The highest BCUT2D eigenvalue weighted by atomic mass is 35.5. The Balaban J connectivity index is 1.57. The highest BCUT2D eigenvalue weighted by Gasteiger charge is 2.41. The summed E-state index contributed by atoms with van der Waals surface area (Å²) in [4.78, 5) is 14.6. The first-order valence-corrected chi connectivity index (χ1v) is 11.9. The van der Waals surface area contributed by atoms with Gasteiger partial charge in [-0.2, -0.15) is 22.5 Å². The normalized spacial score (nSPS) is 21.2. The number of benzene rings is 1. The van der Waals surface area contributed by atoms with Crippen molar-refractivity contribution < 1.29 is 17.6 Å². The van der Waals surface area contributed by atoms with Gasteiger partial charge in [0.1, 0.15) is 11.9 Å². The number of nitrogens with zero attached hydrogens (tertiary/aromatic N) is 3. The van der Waals surface area contributed by atoms with Gasteiger partial charge in [0.15, 0.2) is 0 Å². The fraction of sp³-hybridized carbons (Fsp3) is 0.263. The van der Waals surface area contributed by atoms with Gasteiger partial charge in [-0.25, -0.2) is 4.39 Å². The van der Waals surface area contributed by atoms with Crippen LogP contribution in [0.25, 0.3) is 10.4 Å². The molecule has 31 heavy (non-hydrogen) atoms. The molecule has 164 valence electrons. The second kappa shape index (κ2) is 8.32. The van der Waals surface area contributed by atoms with Crippen LogP contribution in [0.15, 0.2) is 42.7 Å². The summed E-state index contributed by atoms with van der Waals surface area (Å²) >= 11 is 7.21. The number of thiophene rings is 1. The van der Waals surface area contributed by atoms with E-state index in [0.717, 1.165) is 25.7 Å². The van der Waals surface area contributed by atoms with Crippen molar-refractivity contribution in [2.45, 2.75) is 18.5 Å². The molecule has 0 bridgehead atoms. The zero-order chi connectivity index (χ0) is 22.3. The van der Waals surface area contributed by atoms with Gasteiger partial charge in [-0.1, -0.05) is 11.6 Å². The molecular weight excluding hydrogens is 465 g/mol. The summed E-state index contributed by atoms with van der Waals surface area (Å²) in [5.41, 5.74) is 1.21. The Morgan fingerprint density at radius 2 is 2.10 bits per heavy atom. The second-order valence-corrected chi connectivity index (χ2v) is 10.5. The number of aryl methyl sites for hydroxylation is 1. The lowest BCUT2D eigenvalue weighted by atomic mass is 10.1. The van der Waals surface area contributed by atoms with E-state index in [-0.39, 0.29) is 17.1 Å². The van der Waals surface area contributed by atoms with E-state index in [2.05, 4.69) is 15.1 Å². The van der Waals surface area contributed by atoms with Gasteiger partial charge in [0.2, 0.25) is 5.91 Å². The molecule has 2 atom stereocenters. The van der Waals surface area contributed by atoms with Crippen molar-refractivity contribution in [1.82, 2.24) is 18.8 Å². The van der Waals surface area contributed by atoms with E-state index in [1.807, 2.05) is 25.4 Å². The molecule has 1 aromatic carbocycles. The number of carbonyl (C=O) groups is 1. The van der Waals surface area contributed by atoms with Crippen LogP contribution in [0.3, 0.4) is 0 Å². The zero-order valence-corrected chi connectivity index (χ0v) is 18.9. The molecule has 8 nitrogen and oxygen atoms in total. The van der Waals surface area contributed by atoms with Crippen molar-refractivity contribution in [3.63, 3.8) is 0 Å². The maximum absolute atomic E-state index is 13.4. The minimum absolute atomic E-state index is 0.136. The summed E-state index contributed by atoms with van der Waals surface area (Å²) in [6.45, 7) is 0. The summed E-state index contributed by atoms with van der Waals surface area (Å²) in [7, 11) is -0.721. The van der Waals surface area contributed by atoms with Crippen LogP contribution >= 0.6 is 22.9 Å². The molecule has 2 aromatic heterocycles. The molecule has 0 spiro atoms. The molecule has 1 fully saturated rings. The van der Waals surface area contributed by atoms with Crippen LogP contribution < -0.4 is 10.0 Å². The summed E-state index contributed by atoms with van der Waals surface area (Å²) < 4.78 is 44.0. The molecule has 0 aliphatic carbocycles. The van der Waals surface area contributed by atoms with E-state index in [4.69, 9.17) is 11.6 Å². The van der Waals surface area contributed by atoms with Crippen molar-refractivity contribution in [3.8, 4) is 10.4 Å². The first-order chi connectivity index (χ1) is 14.6. The van der Waals surface area contributed by atoms with Gasteiger partial charge in [-0.15, -0.1) is 11.3 Å². The number of amides is 1. The Bertz CT molecular complexity index is 1240. The molecule has 1 aliphatic heterocycles. The first kappa shape index (κ1) is 21.9. The predicted octanol–water partition coefficient (Wildman–Crippen LogP) is 3.16. The number of hydrogen-bond acceptors (Lipinski definition) is 5. The number of hydrogen-bond donors (Lipinski definition) is 2. The molecule has 0 saturated carbocycles. The van der Waals surface area contributed by atoms with Crippen molar-refractivity contribution in [2.75, 3.05) is 12.4 Å². The Hall–Kier alpha value is -2.31. The Morgan fingerprint density at radius 1 is 1.32 bits per heavy atom. The third-order valence-corrected chi connectivity index (χ3v) is 8.15. The van der Waals surface area contributed by atoms with Gasteiger partial charge in [0, 0.05) is 41.3 Å². The number of likely N-dealkylation sites (N-methyl/N-ethyl adjacent to an activating group) is 1. The lowest BCUT2D eigenvalue weighted by Crippen LogP contribution is -2.55. The SMILES string of the molecule is CN1C(C(=O)Nc2ccc(F)c(Cl)c2)C[C@@H](c2ccc(-c3cnn(C)c3)s2)NS1(=O)=O. The molecule has 1 amide bonds. The van der Waals surface area contributed by atoms with Crippen LogP contribution in [-0.4, -0.2) is 41.5 Å². The maximum Gasteiger partial charge on any atom is 0.280 e. The number of halogens is 2. The smallest absolute Gasteiger partial charge is 0.280 e. The van der Waals surface area contributed by atoms with Gasteiger partial charge in [-0.3, -0.25) is 9.48 Å². The third kappa shape index (κ3) is 4.51. The number of anilines is 1. The predicted molar refractivity (Wildman–Crippen MR) is 118 cm³/mol. The average molecular weight is 484 g/mol. The summed E-state index contributed by atoms with van der Waals surface area (Å²) in [5.74, 6) is -1.13. The molecule has 1 unspecified atom stereocenters. The van der Waals surface area contributed by atoms with Crippen molar-refractivity contribution in [1.29, 1.82) is 0 Å². The largest absolute Gasteiger partial charge is 0.325 e. The standard InChI is InChI=1S/C19H19ClFN5O3S2/c1-25-10-11(9-22-25)17-5-6-18(30-17)15-8-16(26(2)31(28,29)24-15)19(27)23-12-3-4-14(21)13(20)7-12/h3-7,9-10,15-16,24H,8H2,1-2H3,(H,23,27)/t15-,16?/m0/s1. The van der Waals surface area contributed by atoms with Gasteiger partial charge in [0.05, 0.1) is 17.3 Å². The lowest BCUT2D eigenvalue weighted by Gasteiger charge is -2.35. The monoisotopic (exact) mass is 483 g/mol. The molecule has 12 heteroatoms. The number of nitrogens with one attached hydrogen (secondary N) is 2. The fourth-order valence-corrected chi connectivity index (χ4v) is 5.91. The van der Waals surface area contributed by atoms with Gasteiger partial charge < -0.3 is 5.32 Å². The van der Waals surface area contributed by atoms with Gasteiger partial charge in [0.25, 0.3) is 10.2 Å².